The Labute approximate surface area is 206 Å². The zero-order valence-corrected chi connectivity index (χ0v) is 19.8. The largest absolute Gasteiger partial charge is 0.394 e. The van der Waals surface area contributed by atoms with Crippen LogP contribution in [-0.4, -0.2) is 50.2 Å². The first-order valence-corrected chi connectivity index (χ1v) is 12.0. The molecule has 0 spiro atoms. The van der Waals surface area contributed by atoms with Crippen molar-refractivity contribution < 1.29 is 15.3 Å². The maximum Gasteiger partial charge on any atom is 0.137 e. The van der Waals surface area contributed by atoms with E-state index < -0.39 is 12.1 Å². The minimum Gasteiger partial charge on any atom is -0.394 e. The summed E-state index contributed by atoms with van der Waals surface area (Å²) in [5.74, 6) is 1.01. The van der Waals surface area contributed by atoms with Gasteiger partial charge in [0.25, 0.3) is 0 Å². The predicted octanol–water partition coefficient (Wildman–Crippen LogP) is 3.57. The van der Waals surface area contributed by atoms with E-state index in [0.29, 0.717) is 11.7 Å². The van der Waals surface area contributed by atoms with E-state index in [4.69, 9.17) is 10.4 Å². The van der Waals surface area contributed by atoms with Crippen LogP contribution < -0.4 is 5.32 Å². The van der Waals surface area contributed by atoms with Crippen molar-refractivity contribution in [3.8, 4) is 17.2 Å². The van der Waals surface area contributed by atoms with Crippen molar-refractivity contribution in [2.24, 2.45) is 0 Å². The van der Waals surface area contributed by atoms with E-state index >= 15 is 0 Å². The number of nitrogens with zero attached hydrogens (tertiary/aromatic N) is 3. The van der Waals surface area contributed by atoms with Gasteiger partial charge >= 0.3 is 0 Å². The Hall–Kier alpha value is -3.28. The van der Waals surface area contributed by atoms with Crippen LogP contribution in [0.1, 0.15) is 54.8 Å². The second kappa shape index (κ2) is 11.4. The molecule has 7 heteroatoms. The van der Waals surface area contributed by atoms with Crippen LogP contribution in [-0.2, 0) is 0 Å². The molecular formula is C28H32N4O3. The topological polar surface area (TPSA) is 114 Å². The van der Waals surface area contributed by atoms with E-state index in [1.807, 2.05) is 24.3 Å². The maximum absolute atomic E-state index is 9.88. The molecule has 0 bridgehead atoms. The van der Waals surface area contributed by atoms with Crippen molar-refractivity contribution in [1.82, 2.24) is 14.9 Å². The molecule has 7 nitrogen and oxygen atoms in total. The van der Waals surface area contributed by atoms with Crippen LogP contribution in [0.2, 0.25) is 0 Å². The molecule has 0 saturated heterocycles. The number of hydrogen-bond donors (Lipinski definition) is 4. The lowest BCUT2D eigenvalue weighted by Crippen LogP contribution is -2.46. The summed E-state index contributed by atoms with van der Waals surface area (Å²) in [6.45, 7) is 1.42. The van der Waals surface area contributed by atoms with Gasteiger partial charge in [-0.1, -0.05) is 60.7 Å². The quantitative estimate of drug-likeness (QED) is 0.359. The molecule has 0 amide bonds. The Morgan fingerprint density at radius 2 is 1.74 bits per heavy atom. The molecule has 3 aromatic rings. The highest BCUT2D eigenvalue weighted by molar-refractivity contribution is 5.66. The zero-order valence-electron chi connectivity index (χ0n) is 19.8. The molecule has 2 aromatic carbocycles. The second-order valence-electron chi connectivity index (χ2n) is 9.12. The summed E-state index contributed by atoms with van der Waals surface area (Å²) in [5, 5.41) is 41.0. The number of nitriles is 1. The second-order valence-corrected chi connectivity index (χ2v) is 9.12. The Balaban J connectivity index is 1.36. The summed E-state index contributed by atoms with van der Waals surface area (Å²) >= 11 is 0. The Bertz CT molecular complexity index is 1160. The number of aliphatic hydroxyl groups excluding tert-OH is 3. The highest BCUT2D eigenvalue weighted by atomic mass is 16.3. The number of rotatable bonds is 10. The molecule has 2 unspecified atom stereocenters. The van der Waals surface area contributed by atoms with E-state index in [9.17, 15) is 10.2 Å². The standard InChI is InChI=1S/C28H32N4O3/c1-19(35)28-30-12-13-32(28)27(18-34)11-4-20-2-5-21(6-3-20)22-7-9-23(10-8-22)24-14-25(15-24)31-26(16-29)17-33/h2-13,19,24-27,31,33-35H,14-15,17-18H2,1H3/b11-4+/t19-,24?,25?,26?,27?/m0/s1. The van der Waals surface area contributed by atoms with E-state index in [2.05, 4.69) is 52.8 Å². The molecule has 35 heavy (non-hydrogen) atoms. The first-order valence-electron chi connectivity index (χ1n) is 12.0. The van der Waals surface area contributed by atoms with Gasteiger partial charge < -0.3 is 19.9 Å². The monoisotopic (exact) mass is 472 g/mol. The Morgan fingerprint density at radius 3 is 2.31 bits per heavy atom. The fourth-order valence-electron chi connectivity index (χ4n) is 4.57. The highest BCUT2D eigenvalue weighted by Gasteiger charge is 2.31. The van der Waals surface area contributed by atoms with Gasteiger partial charge in [-0.05, 0) is 47.9 Å². The zero-order chi connectivity index (χ0) is 24.8. The molecule has 1 saturated carbocycles. The van der Waals surface area contributed by atoms with Gasteiger partial charge in [0.15, 0.2) is 0 Å². The van der Waals surface area contributed by atoms with Gasteiger partial charge in [0, 0.05) is 18.4 Å². The summed E-state index contributed by atoms with van der Waals surface area (Å²) < 4.78 is 1.78. The lowest BCUT2D eigenvalue weighted by Gasteiger charge is -2.37. The van der Waals surface area contributed by atoms with E-state index in [1.165, 1.54) is 5.56 Å². The van der Waals surface area contributed by atoms with Crippen LogP contribution in [0.3, 0.4) is 0 Å². The van der Waals surface area contributed by atoms with E-state index in [1.54, 1.807) is 23.9 Å². The lowest BCUT2D eigenvalue weighted by molar-refractivity contribution is 0.175. The van der Waals surface area contributed by atoms with Gasteiger partial charge in [0.1, 0.15) is 18.0 Å². The van der Waals surface area contributed by atoms with Crippen molar-refractivity contribution in [3.05, 3.63) is 84.0 Å². The van der Waals surface area contributed by atoms with Crippen LogP contribution >= 0.6 is 0 Å². The molecular weight excluding hydrogens is 440 g/mol. The normalized spacial score (nSPS) is 20.2. The fourth-order valence-corrected chi connectivity index (χ4v) is 4.57. The van der Waals surface area contributed by atoms with Crippen molar-refractivity contribution >= 4 is 6.08 Å². The van der Waals surface area contributed by atoms with Gasteiger partial charge in [-0.15, -0.1) is 0 Å². The van der Waals surface area contributed by atoms with Gasteiger partial charge in [-0.2, -0.15) is 5.26 Å². The first kappa shape index (κ1) is 24.8. The predicted molar refractivity (Wildman–Crippen MR) is 135 cm³/mol. The van der Waals surface area contributed by atoms with Crippen LogP contribution in [0.4, 0.5) is 0 Å². The smallest absolute Gasteiger partial charge is 0.137 e. The number of hydrogen-bond acceptors (Lipinski definition) is 6. The molecule has 182 valence electrons. The third-order valence-electron chi connectivity index (χ3n) is 6.67. The minimum absolute atomic E-state index is 0.0881. The summed E-state index contributed by atoms with van der Waals surface area (Å²) in [7, 11) is 0. The first-order chi connectivity index (χ1) is 17.0. The number of aliphatic hydroxyl groups is 3. The fraction of sp³-hybridized carbons (Fsp3) is 0.357. The van der Waals surface area contributed by atoms with E-state index in [-0.39, 0.29) is 25.3 Å². The molecule has 0 aliphatic heterocycles. The van der Waals surface area contributed by atoms with Crippen LogP contribution in [0.5, 0.6) is 0 Å². The Kier molecular flexibility index (Phi) is 8.11. The van der Waals surface area contributed by atoms with E-state index in [0.717, 1.165) is 29.5 Å². The molecule has 4 rings (SSSR count). The summed E-state index contributed by atoms with van der Waals surface area (Å²) in [6.07, 6.45) is 8.52. The average molecular weight is 473 g/mol. The van der Waals surface area contributed by atoms with Crippen molar-refractivity contribution in [2.75, 3.05) is 13.2 Å². The number of benzene rings is 2. The van der Waals surface area contributed by atoms with Crippen LogP contribution in [0.15, 0.2) is 67.0 Å². The minimum atomic E-state index is -0.706. The molecule has 1 aliphatic carbocycles. The number of nitrogens with one attached hydrogen (secondary N) is 1. The van der Waals surface area contributed by atoms with Crippen LogP contribution in [0.25, 0.3) is 17.2 Å². The van der Waals surface area contributed by atoms with Crippen molar-refractivity contribution in [3.63, 3.8) is 0 Å². The van der Waals surface area contributed by atoms with Crippen LogP contribution in [0, 0.1) is 11.3 Å². The third-order valence-corrected chi connectivity index (χ3v) is 6.67. The third kappa shape index (κ3) is 5.87. The summed E-state index contributed by atoms with van der Waals surface area (Å²) in [4.78, 5) is 4.18. The maximum atomic E-state index is 9.88. The molecule has 4 N–H and O–H groups in total. The van der Waals surface area contributed by atoms with Gasteiger partial charge in [0.2, 0.25) is 0 Å². The van der Waals surface area contributed by atoms with Crippen molar-refractivity contribution in [2.45, 2.75) is 49.9 Å². The Morgan fingerprint density at radius 1 is 1.09 bits per heavy atom. The summed E-state index contributed by atoms with van der Waals surface area (Å²) in [6, 6.07) is 18.5. The number of aromatic nitrogens is 2. The van der Waals surface area contributed by atoms with Gasteiger partial charge in [0.05, 0.1) is 25.3 Å². The molecule has 0 radical (unpaired) electrons. The van der Waals surface area contributed by atoms with Crippen molar-refractivity contribution in [1.29, 1.82) is 5.26 Å². The lowest BCUT2D eigenvalue weighted by atomic mass is 9.75. The van der Waals surface area contributed by atoms with Gasteiger partial charge in [-0.3, -0.25) is 5.32 Å². The molecule has 1 fully saturated rings. The SMILES string of the molecule is C[C@H](O)c1nccn1C(/C=C/c1ccc(-c2ccc(C3CC(NC(C#N)CO)C3)cc2)cc1)CO. The molecule has 3 atom stereocenters. The molecule has 1 aliphatic rings. The molecule has 1 heterocycles. The average Bonchev–Trinajstić information content (AvgIpc) is 3.35. The summed E-state index contributed by atoms with van der Waals surface area (Å²) in [5.41, 5.74) is 4.60. The van der Waals surface area contributed by atoms with Gasteiger partial charge in [-0.25, -0.2) is 4.98 Å². The molecule has 1 aromatic heterocycles. The number of imidazole rings is 1. The highest BCUT2D eigenvalue weighted by Crippen LogP contribution is 2.37.